The third kappa shape index (κ3) is 2.01. The van der Waals surface area contributed by atoms with Crippen LogP contribution in [0.2, 0.25) is 0 Å². The van der Waals surface area contributed by atoms with Crippen molar-refractivity contribution >= 4 is 0 Å². The normalized spacial score (nSPS) is 28.2. The maximum absolute atomic E-state index is 5.58. The molecule has 3 N–H and O–H groups in total. The predicted molar refractivity (Wildman–Crippen MR) is 54.6 cm³/mol. The molecule has 3 atom stereocenters. The third-order valence-electron chi connectivity index (χ3n) is 2.95. The van der Waals surface area contributed by atoms with Crippen molar-refractivity contribution in [3.63, 3.8) is 0 Å². The lowest BCUT2D eigenvalue weighted by Gasteiger charge is -2.20. The van der Waals surface area contributed by atoms with Crippen LogP contribution >= 0.6 is 0 Å². The second-order valence-corrected chi connectivity index (χ2v) is 4.07. The van der Waals surface area contributed by atoms with Crippen molar-refractivity contribution in [2.75, 3.05) is 6.61 Å². The average Bonchev–Trinajstić information content (AvgIpc) is 2.79. The lowest BCUT2D eigenvalue weighted by atomic mass is 9.95. The number of hydrazine groups is 1. The van der Waals surface area contributed by atoms with Crippen molar-refractivity contribution in [3.8, 4) is 0 Å². The largest absolute Gasteiger partial charge is 0.378 e. The van der Waals surface area contributed by atoms with Gasteiger partial charge >= 0.3 is 0 Å². The molecule has 1 aromatic heterocycles. The van der Waals surface area contributed by atoms with Gasteiger partial charge in [0.15, 0.2) is 0 Å². The van der Waals surface area contributed by atoms with Crippen molar-refractivity contribution in [1.82, 2.24) is 20.4 Å². The summed E-state index contributed by atoms with van der Waals surface area (Å²) in [4.78, 5) is 0. The van der Waals surface area contributed by atoms with Crippen LogP contribution in [-0.4, -0.2) is 27.7 Å². The summed E-state index contributed by atoms with van der Waals surface area (Å²) >= 11 is 0. The zero-order valence-corrected chi connectivity index (χ0v) is 9.05. The first kappa shape index (κ1) is 10.5. The van der Waals surface area contributed by atoms with E-state index >= 15 is 0 Å². The Morgan fingerprint density at radius 1 is 1.73 bits per heavy atom. The highest BCUT2D eigenvalue weighted by Gasteiger charge is 2.31. The maximum atomic E-state index is 5.58. The van der Waals surface area contributed by atoms with E-state index in [-0.39, 0.29) is 6.04 Å². The molecular formula is C9H17N5O. The van der Waals surface area contributed by atoms with Gasteiger partial charge in [-0.25, -0.2) is 0 Å². The van der Waals surface area contributed by atoms with Crippen LogP contribution in [0.1, 0.15) is 25.1 Å². The molecule has 1 aliphatic rings. The number of ether oxygens (including phenoxy) is 1. The quantitative estimate of drug-likeness (QED) is 0.532. The minimum absolute atomic E-state index is 0.0648. The van der Waals surface area contributed by atoms with E-state index < -0.39 is 0 Å². The first-order valence-corrected chi connectivity index (χ1v) is 5.14. The van der Waals surface area contributed by atoms with Crippen LogP contribution in [0, 0.1) is 5.92 Å². The molecule has 2 rings (SSSR count). The molecule has 0 aliphatic carbocycles. The molecule has 6 nitrogen and oxygen atoms in total. The van der Waals surface area contributed by atoms with Gasteiger partial charge in [0.25, 0.3) is 0 Å². The highest BCUT2D eigenvalue weighted by molar-refractivity contribution is 5.04. The van der Waals surface area contributed by atoms with Gasteiger partial charge in [0.1, 0.15) is 0 Å². The summed E-state index contributed by atoms with van der Waals surface area (Å²) in [5.74, 6) is 5.97. The van der Waals surface area contributed by atoms with E-state index in [9.17, 15) is 0 Å². The van der Waals surface area contributed by atoms with E-state index in [0.29, 0.717) is 12.0 Å². The van der Waals surface area contributed by atoms with Gasteiger partial charge in [-0.15, -0.1) is 5.10 Å². The fourth-order valence-electron chi connectivity index (χ4n) is 2.12. The minimum Gasteiger partial charge on any atom is -0.378 e. The summed E-state index contributed by atoms with van der Waals surface area (Å²) in [6.07, 6.45) is 3.07. The molecule has 1 aromatic rings. The Balaban J connectivity index is 2.14. The number of hydrogen-bond acceptors (Lipinski definition) is 5. The lowest BCUT2D eigenvalue weighted by Crippen LogP contribution is -2.35. The summed E-state index contributed by atoms with van der Waals surface area (Å²) in [6.45, 7) is 2.82. The molecule has 2 heterocycles. The van der Waals surface area contributed by atoms with Crippen LogP contribution < -0.4 is 11.3 Å². The highest BCUT2D eigenvalue weighted by Crippen LogP contribution is 2.30. The highest BCUT2D eigenvalue weighted by atomic mass is 16.5. The Hall–Kier alpha value is -0.980. The fourth-order valence-corrected chi connectivity index (χ4v) is 2.12. The standard InChI is InChI=1S/C9H17N5O/c1-6-3-7(5-15-6)9(12-10)8-4-11-13-14(8)2/h4,6-7,9,12H,3,5,10H2,1-2H3. The van der Waals surface area contributed by atoms with E-state index in [0.717, 1.165) is 18.7 Å². The third-order valence-corrected chi connectivity index (χ3v) is 2.95. The molecule has 0 amide bonds. The maximum Gasteiger partial charge on any atom is 0.0770 e. The summed E-state index contributed by atoms with van der Waals surface area (Å²) < 4.78 is 7.28. The SMILES string of the molecule is CC1CC(C(NN)c2cnnn2C)CO1. The van der Waals surface area contributed by atoms with Crippen LogP contribution in [0.4, 0.5) is 0 Å². The fraction of sp³-hybridized carbons (Fsp3) is 0.778. The molecule has 15 heavy (non-hydrogen) atoms. The van der Waals surface area contributed by atoms with Crippen LogP contribution in [-0.2, 0) is 11.8 Å². The van der Waals surface area contributed by atoms with Gasteiger partial charge in [0, 0.05) is 13.0 Å². The Morgan fingerprint density at radius 2 is 2.53 bits per heavy atom. The second-order valence-electron chi connectivity index (χ2n) is 4.07. The molecule has 1 saturated heterocycles. The zero-order chi connectivity index (χ0) is 10.8. The molecule has 6 heteroatoms. The summed E-state index contributed by atoms with van der Waals surface area (Å²) in [5, 5.41) is 7.76. The number of hydrogen-bond donors (Lipinski definition) is 2. The van der Waals surface area contributed by atoms with Gasteiger partial charge in [0.2, 0.25) is 0 Å². The number of aryl methyl sites for hydroxylation is 1. The molecule has 0 bridgehead atoms. The van der Waals surface area contributed by atoms with E-state index in [4.69, 9.17) is 10.6 Å². The van der Waals surface area contributed by atoms with Crippen LogP contribution in [0.5, 0.6) is 0 Å². The first-order valence-electron chi connectivity index (χ1n) is 5.14. The van der Waals surface area contributed by atoms with Crippen molar-refractivity contribution in [3.05, 3.63) is 11.9 Å². The van der Waals surface area contributed by atoms with Gasteiger partial charge < -0.3 is 4.74 Å². The number of rotatable bonds is 3. The average molecular weight is 211 g/mol. The monoisotopic (exact) mass is 211 g/mol. The Bertz CT molecular complexity index is 326. The Kier molecular flexibility index (Phi) is 2.99. The van der Waals surface area contributed by atoms with Gasteiger partial charge in [-0.05, 0) is 13.3 Å². The predicted octanol–water partition coefficient (Wildman–Crippen LogP) is -0.255. The minimum atomic E-state index is 0.0648. The molecule has 3 unspecified atom stereocenters. The molecule has 0 aromatic carbocycles. The molecule has 0 saturated carbocycles. The van der Waals surface area contributed by atoms with E-state index in [2.05, 4.69) is 22.7 Å². The molecule has 0 spiro atoms. The number of aromatic nitrogens is 3. The summed E-state index contributed by atoms with van der Waals surface area (Å²) in [7, 11) is 1.87. The topological polar surface area (TPSA) is 78.0 Å². The van der Waals surface area contributed by atoms with Gasteiger partial charge in [-0.3, -0.25) is 16.0 Å². The molecular weight excluding hydrogens is 194 g/mol. The summed E-state index contributed by atoms with van der Waals surface area (Å²) in [5.41, 5.74) is 3.83. The first-order chi connectivity index (χ1) is 7.22. The van der Waals surface area contributed by atoms with Gasteiger partial charge in [-0.1, -0.05) is 5.21 Å². The van der Waals surface area contributed by atoms with Crippen LogP contribution in [0.3, 0.4) is 0 Å². The second kappa shape index (κ2) is 4.26. The van der Waals surface area contributed by atoms with Gasteiger partial charge in [0.05, 0.1) is 30.6 Å². The molecule has 1 aliphatic heterocycles. The Morgan fingerprint density at radius 3 is 3.00 bits per heavy atom. The number of nitrogens with two attached hydrogens (primary N) is 1. The number of nitrogens with zero attached hydrogens (tertiary/aromatic N) is 3. The van der Waals surface area contributed by atoms with Crippen molar-refractivity contribution in [1.29, 1.82) is 0 Å². The molecule has 84 valence electrons. The van der Waals surface area contributed by atoms with E-state index in [1.54, 1.807) is 10.9 Å². The Labute approximate surface area is 88.7 Å². The lowest BCUT2D eigenvalue weighted by molar-refractivity contribution is 0.116. The number of nitrogens with one attached hydrogen (secondary N) is 1. The van der Waals surface area contributed by atoms with Crippen LogP contribution in [0.15, 0.2) is 6.20 Å². The molecule has 1 fully saturated rings. The van der Waals surface area contributed by atoms with Crippen LogP contribution in [0.25, 0.3) is 0 Å². The van der Waals surface area contributed by atoms with Crippen molar-refractivity contribution in [2.24, 2.45) is 18.8 Å². The van der Waals surface area contributed by atoms with Crippen molar-refractivity contribution < 1.29 is 4.74 Å². The van der Waals surface area contributed by atoms with E-state index in [1.807, 2.05) is 7.05 Å². The smallest absolute Gasteiger partial charge is 0.0770 e. The van der Waals surface area contributed by atoms with Crippen molar-refractivity contribution in [2.45, 2.75) is 25.5 Å². The summed E-state index contributed by atoms with van der Waals surface area (Å²) in [6, 6.07) is 0.0648. The van der Waals surface area contributed by atoms with Gasteiger partial charge in [-0.2, -0.15) is 0 Å². The molecule has 0 radical (unpaired) electrons. The zero-order valence-electron chi connectivity index (χ0n) is 9.05. The van der Waals surface area contributed by atoms with E-state index in [1.165, 1.54) is 0 Å².